The summed E-state index contributed by atoms with van der Waals surface area (Å²) in [6.45, 7) is 7.86. The van der Waals surface area contributed by atoms with Gasteiger partial charge in [-0.25, -0.2) is 0 Å². The van der Waals surface area contributed by atoms with Gasteiger partial charge in [-0.15, -0.1) is 0 Å². The molecule has 0 N–H and O–H groups in total. The predicted molar refractivity (Wildman–Crippen MR) is 45.4 cm³/mol. The SMILES string of the molecule is CCO[SiH](OCC)OCC.[F][Ru]([F])[F]. The van der Waals surface area contributed by atoms with E-state index in [2.05, 4.69) is 0 Å². The zero-order chi connectivity index (χ0) is 11.4. The second-order valence-electron chi connectivity index (χ2n) is 1.81. The van der Waals surface area contributed by atoms with E-state index >= 15 is 0 Å². The number of halogens is 3. The summed E-state index contributed by atoms with van der Waals surface area (Å²) in [4.78, 5) is 0. The van der Waals surface area contributed by atoms with E-state index in [0.29, 0.717) is 19.8 Å². The molecular formula is C6H16F3O3RuSi. The van der Waals surface area contributed by atoms with E-state index in [0.717, 1.165) is 0 Å². The van der Waals surface area contributed by atoms with Crippen molar-refractivity contribution in [2.75, 3.05) is 19.8 Å². The normalized spacial score (nSPS) is 10.9. The van der Waals surface area contributed by atoms with Gasteiger partial charge < -0.3 is 13.3 Å². The molecule has 0 saturated carbocycles. The Morgan fingerprint density at radius 2 is 1.07 bits per heavy atom. The fraction of sp³-hybridized carbons (Fsp3) is 1.00. The van der Waals surface area contributed by atoms with Gasteiger partial charge in [-0.05, 0) is 20.8 Å². The van der Waals surface area contributed by atoms with E-state index in [9.17, 15) is 9.95 Å². The summed E-state index contributed by atoms with van der Waals surface area (Å²) in [6.07, 6.45) is 0. The molecule has 0 aromatic carbocycles. The molecule has 8 heteroatoms. The molecule has 0 spiro atoms. The average molecular weight is 322 g/mol. The van der Waals surface area contributed by atoms with Gasteiger partial charge in [0.15, 0.2) is 0 Å². The maximum atomic E-state index is 9.81. The van der Waals surface area contributed by atoms with E-state index in [1.54, 1.807) is 0 Å². The van der Waals surface area contributed by atoms with Crippen LogP contribution in [0.5, 0.6) is 0 Å². The van der Waals surface area contributed by atoms with Crippen LogP contribution in [-0.2, 0) is 30.7 Å². The Morgan fingerprint density at radius 1 is 0.857 bits per heavy atom. The summed E-state index contributed by atoms with van der Waals surface area (Å²) in [5.74, 6) is 0. The van der Waals surface area contributed by atoms with Crippen LogP contribution in [0.15, 0.2) is 0 Å². The summed E-state index contributed by atoms with van der Waals surface area (Å²) in [7, 11) is -1.73. The predicted octanol–water partition coefficient (Wildman–Crippen LogP) is 2.07. The van der Waals surface area contributed by atoms with E-state index < -0.39 is 27.0 Å². The maximum absolute atomic E-state index is 9.81. The molecule has 0 aliphatic carbocycles. The molecule has 0 fully saturated rings. The standard InChI is InChI=1S/C6H16O3Si.3FH.Ru/c1-4-7-10(8-5-2)9-6-3;;;;/h10H,4-6H2,1-3H3;3*1H;/q;;;;+3/p-3. The monoisotopic (exact) mass is 323 g/mol. The summed E-state index contributed by atoms with van der Waals surface area (Å²) in [6, 6.07) is 0. The minimum absolute atomic E-state index is 0.677. The molecule has 0 aromatic heterocycles. The quantitative estimate of drug-likeness (QED) is 0.701. The van der Waals surface area contributed by atoms with Crippen molar-refractivity contribution in [3.63, 3.8) is 0 Å². The van der Waals surface area contributed by atoms with Crippen molar-refractivity contribution in [3.8, 4) is 0 Å². The van der Waals surface area contributed by atoms with Crippen molar-refractivity contribution in [1.82, 2.24) is 0 Å². The third-order valence-corrected chi connectivity index (χ3v) is 2.72. The Kier molecular flexibility index (Phi) is 16.3. The molecule has 3 nitrogen and oxygen atoms in total. The molecule has 0 radical (unpaired) electrons. The first-order valence-corrected chi connectivity index (χ1v) is 7.48. The van der Waals surface area contributed by atoms with Crippen LogP contribution in [0.2, 0.25) is 0 Å². The molecule has 0 aliphatic rings. The molecule has 0 atom stereocenters. The summed E-state index contributed by atoms with van der Waals surface area (Å²) in [5.41, 5.74) is 0. The van der Waals surface area contributed by atoms with Gasteiger partial charge >= 0.3 is 36.9 Å². The van der Waals surface area contributed by atoms with Crippen LogP contribution in [0.3, 0.4) is 0 Å². The molecule has 0 bridgehead atoms. The third kappa shape index (κ3) is 18.3. The van der Waals surface area contributed by atoms with Crippen LogP contribution < -0.4 is 0 Å². The van der Waals surface area contributed by atoms with Gasteiger partial charge in [0.1, 0.15) is 0 Å². The number of rotatable bonds is 6. The Labute approximate surface area is 91.1 Å². The molecule has 0 aromatic rings. The average Bonchev–Trinajstić information content (AvgIpc) is 2.04. The van der Waals surface area contributed by atoms with Crippen LogP contribution in [0.1, 0.15) is 20.8 Å². The van der Waals surface area contributed by atoms with Gasteiger partial charge in [0.05, 0.1) is 0 Å². The molecule has 0 rings (SSSR count). The first-order valence-electron chi connectivity index (χ1n) is 4.10. The molecule has 14 heavy (non-hydrogen) atoms. The summed E-state index contributed by atoms with van der Waals surface area (Å²) in [5, 5.41) is 0. The second-order valence-corrected chi connectivity index (χ2v) is 4.13. The number of hydrogen-bond donors (Lipinski definition) is 0. The van der Waals surface area contributed by atoms with E-state index in [1.807, 2.05) is 20.8 Å². The first kappa shape index (κ1) is 16.9. The topological polar surface area (TPSA) is 27.7 Å². The Bertz CT molecular complexity index is 95.3. The Hall–Kier alpha value is 0.510. The first-order chi connectivity index (χ1) is 6.58. The summed E-state index contributed by atoms with van der Waals surface area (Å²) >= 11 is -4.67. The van der Waals surface area contributed by atoms with Gasteiger partial charge in [-0.1, -0.05) is 0 Å². The van der Waals surface area contributed by atoms with Gasteiger partial charge in [-0.2, -0.15) is 0 Å². The van der Waals surface area contributed by atoms with Crippen LogP contribution in [0.25, 0.3) is 0 Å². The van der Waals surface area contributed by atoms with Crippen LogP contribution >= 0.6 is 0 Å². The van der Waals surface area contributed by atoms with E-state index in [1.165, 1.54) is 0 Å². The zero-order valence-electron chi connectivity index (χ0n) is 8.41. The molecular weight excluding hydrogens is 306 g/mol. The van der Waals surface area contributed by atoms with Gasteiger partial charge in [0.25, 0.3) is 0 Å². The van der Waals surface area contributed by atoms with Crippen LogP contribution in [0, 0.1) is 0 Å². The van der Waals surface area contributed by atoms with Gasteiger partial charge in [0, 0.05) is 19.8 Å². The summed E-state index contributed by atoms with van der Waals surface area (Å²) < 4.78 is 45.1. The van der Waals surface area contributed by atoms with Crippen molar-refractivity contribution in [1.29, 1.82) is 0 Å². The van der Waals surface area contributed by atoms with Crippen LogP contribution in [0.4, 0.5) is 9.95 Å². The molecule has 0 unspecified atom stereocenters. The molecule has 0 aliphatic heterocycles. The molecule has 91 valence electrons. The van der Waals surface area contributed by atoms with Crippen molar-refractivity contribution in [3.05, 3.63) is 0 Å². The van der Waals surface area contributed by atoms with Gasteiger partial charge in [-0.3, -0.25) is 0 Å². The van der Waals surface area contributed by atoms with Crippen molar-refractivity contribution < 1.29 is 40.7 Å². The Morgan fingerprint density at radius 3 is 1.21 bits per heavy atom. The van der Waals surface area contributed by atoms with Crippen molar-refractivity contribution in [2.24, 2.45) is 0 Å². The zero-order valence-corrected chi connectivity index (χ0v) is 11.3. The molecule has 0 heterocycles. The van der Waals surface area contributed by atoms with E-state index in [-0.39, 0.29) is 0 Å². The fourth-order valence-electron chi connectivity index (χ4n) is 0.553. The second kappa shape index (κ2) is 13.5. The third-order valence-electron chi connectivity index (χ3n) is 0.908. The van der Waals surface area contributed by atoms with Crippen LogP contribution in [-0.4, -0.2) is 29.3 Å². The fourth-order valence-corrected chi connectivity index (χ4v) is 1.66. The van der Waals surface area contributed by atoms with Crippen molar-refractivity contribution in [2.45, 2.75) is 20.8 Å². The van der Waals surface area contributed by atoms with Gasteiger partial charge in [0.2, 0.25) is 0 Å². The molecule has 0 saturated heterocycles. The Balaban J connectivity index is 0. The van der Waals surface area contributed by atoms with Crippen molar-refractivity contribution >= 4 is 9.53 Å². The number of hydrogen-bond acceptors (Lipinski definition) is 3. The molecule has 0 amide bonds. The van der Waals surface area contributed by atoms with E-state index in [4.69, 9.17) is 13.3 Å². The minimum atomic E-state index is -4.67.